The Labute approximate surface area is 115 Å². The van der Waals surface area contributed by atoms with Gasteiger partial charge in [-0.25, -0.2) is 0 Å². The van der Waals surface area contributed by atoms with E-state index in [1.165, 1.54) is 31.7 Å². The van der Waals surface area contributed by atoms with Crippen LogP contribution in [-0.2, 0) is 13.1 Å². The number of nitrogens with zero attached hydrogens (tertiary/aromatic N) is 3. The van der Waals surface area contributed by atoms with Gasteiger partial charge in [-0.15, -0.1) is 12.4 Å². The van der Waals surface area contributed by atoms with E-state index in [2.05, 4.69) is 33.1 Å². The van der Waals surface area contributed by atoms with E-state index in [9.17, 15) is 0 Å². The van der Waals surface area contributed by atoms with Crippen LogP contribution in [0, 0.1) is 11.8 Å². The second kappa shape index (κ2) is 6.04. The number of aryl methyl sites for hydroxylation is 1. The Balaban J connectivity index is 0.00000120. The number of nitrogens with one attached hydrogen (secondary N) is 1. The van der Waals surface area contributed by atoms with Crippen molar-refractivity contribution in [2.24, 2.45) is 11.8 Å². The SMILES string of the molecule is CCCn1cc(CN2C[C@H]3CNC[C@H]3C2)cn1.Cl. The maximum absolute atomic E-state index is 4.40. The largest absolute Gasteiger partial charge is 0.316 e. The Kier molecular flexibility index (Phi) is 4.65. The molecule has 102 valence electrons. The lowest BCUT2D eigenvalue weighted by Crippen LogP contribution is -2.25. The molecule has 2 aliphatic rings. The third-order valence-corrected chi connectivity index (χ3v) is 4.01. The first-order valence-corrected chi connectivity index (χ1v) is 6.79. The summed E-state index contributed by atoms with van der Waals surface area (Å²) >= 11 is 0. The summed E-state index contributed by atoms with van der Waals surface area (Å²) in [7, 11) is 0. The van der Waals surface area contributed by atoms with Crippen molar-refractivity contribution in [3.05, 3.63) is 18.0 Å². The molecule has 0 aromatic carbocycles. The maximum atomic E-state index is 4.40. The lowest BCUT2D eigenvalue weighted by molar-refractivity contribution is 0.305. The average molecular weight is 271 g/mol. The molecule has 0 bridgehead atoms. The van der Waals surface area contributed by atoms with Crippen molar-refractivity contribution in [3.8, 4) is 0 Å². The van der Waals surface area contributed by atoms with Crippen LogP contribution in [-0.4, -0.2) is 40.9 Å². The molecule has 4 nitrogen and oxygen atoms in total. The van der Waals surface area contributed by atoms with Gasteiger partial charge >= 0.3 is 0 Å². The van der Waals surface area contributed by atoms with Gasteiger partial charge in [-0.2, -0.15) is 5.10 Å². The van der Waals surface area contributed by atoms with Crippen LogP contribution < -0.4 is 5.32 Å². The predicted octanol–water partition coefficient (Wildman–Crippen LogP) is 1.37. The molecule has 3 rings (SSSR count). The van der Waals surface area contributed by atoms with Crippen molar-refractivity contribution in [2.45, 2.75) is 26.4 Å². The lowest BCUT2D eigenvalue weighted by atomic mass is 10.0. The summed E-state index contributed by atoms with van der Waals surface area (Å²) < 4.78 is 2.06. The number of fused-ring (bicyclic) bond motifs is 1. The molecule has 0 aliphatic carbocycles. The van der Waals surface area contributed by atoms with Gasteiger partial charge in [-0.05, 0) is 31.3 Å². The fourth-order valence-electron chi connectivity index (χ4n) is 3.18. The summed E-state index contributed by atoms with van der Waals surface area (Å²) in [5.41, 5.74) is 1.37. The molecule has 2 atom stereocenters. The number of rotatable bonds is 4. The molecular formula is C13H23ClN4. The molecule has 1 N–H and O–H groups in total. The zero-order valence-electron chi connectivity index (χ0n) is 11.0. The van der Waals surface area contributed by atoms with Crippen LogP contribution in [0.4, 0.5) is 0 Å². The Bertz CT molecular complexity index is 367. The van der Waals surface area contributed by atoms with Crippen LogP contribution >= 0.6 is 12.4 Å². The van der Waals surface area contributed by atoms with Gasteiger partial charge in [0, 0.05) is 37.9 Å². The highest BCUT2D eigenvalue weighted by molar-refractivity contribution is 5.85. The molecule has 18 heavy (non-hydrogen) atoms. The third kappa shape index (κ3) is 2.87. The van der Waals surface area contributed by atoms with Gasteiger partial charge in [0.05, 0.1) is 6.20 Å². The highest BCUT2D eigenvalue weighted by Crippen LogP contribution is 2.27. The Morgan fingerprint density at radius 2 is 2.06 bits per heavy atom. The quantitative estimate of drug-likeness (QED) is 0.897. The molecule has 0 saturated carbocycles. The molecule has 3 heterocycles. The van der Waals surface area contributed by atoms with Crippen LogP contribution in [0.3, 0.4) is 0 Å². The van der Waals surface area contributed by atoms with E-state index in [0.29, 0.717) is 0 Å². The standard InChI is InChI=1S/C13H22N4.ClH/c1-2-3-17-8-11(4-15-17)7-16-9-12-5-14-6-13(12)10-16;/h4,8,12-14H,2-3,5-7,9-10H2,1H3;1H/t12-,13+;. The summed E-state index contributed by atoms with van der Waals surface area (Å²) in [4.78, 5) is 2.59. The topological polar surface area (TPSA) is 33.1 Å². The first kappa shape index (κ1) is 13.8. The summed E-state index contributed by atoms with van der Waals surface area (Å²) in [6.45, 7) is 9.27. The van der Waals surface area contributed by atoms with E-state index in [1.54, 1.807) is 0 Å². The number of halogens is 1. The van der Waals surface area contributed by atoms with E-state index >= 15 is 0 Å². The average Bonchev–Trinajstić information content (AvgIpc) is 2.95. The first-order chi connectivity index (χ1) is 8.35. The zero-order chi connectivity index (χ0) is 11.7. The molecule has 0 radical (unpaired) electrons. The molecular weight excluding hydrogens is 248 g/mol. The summed E-state index contributed by atoms with van der Waals surface area (Å²) in [6, 6.07) is 0. The summed E-state index contributed by atoms with van der Waals surface area (Å²) in [5, 5.41) is 7.88. The summed E-state index contributed by atoms with van der Waals surface area (Å²) in [5.74, 6) is 1.78. The Hall–Kier alpha value is -0.580. The number of likely N-dealkylation sites (tertiary alicyclic amines) is 1. The van der Waals surface area contributed by atoms with E-state index in [-0.39, 0.29) is 12.4 Å². The molecule has 0 amide bonds. The van der Waals surface area contributed by atoms with Gasteiger partial charge in [0.15, 0.2) is 0 Å². The minimum atomic E-state index is 0. The van der Waals surface area contributed by atoms with E-state index in [0.717, 1.165) is 31.3 Å². The number of hydrogen-bond donors (Lipinski definition) is 1. The van der Waals surface area contributed by atoms with Crippen LogP contribution in [0.1, 0.15) is 18.9 Å². The van der Waals surface area contributed by atoms with Gasteiger partial charge in [-0.3, -0.25) is 9.58 Å². The number of aromatic nitrogens is 2. The highest BCUT2D eigenvalue weighted by atomic mass is 35.5. The fourth-order valence-corrected chi connectivity index (χ4v) is 3.18. The normalized spacial score (nSPS) is 27.2. The molecule has 2 saturated heterocycles. The first-order valence-electron chi connectivity index (χ1n) is 6.79. The zero-order valence-corrected chi connectivity index (χ0v) is 11.8. The van der Waals surface area contributed by atoms with E-state index in [4.69, 9.17) is 0 Å². The predicted molar refractivity (Wildman–Crippen MR) is 74.9 cm³/mol. The number of hydrogen-bond acceptors (Lipinski definition) is 3. The van der Waals surface area contributed by atoms with Crippen molar-refractivity contribution in [3.63, 3.8) is 0 Å². The van der Waals surface area contributed by atoms with E-state index in [1.807, 2.05) is 6.20 Å². The van der Waals surface area contributed by atoms with Gasteiger partial charge in [0.25, 0.3) is 0 Å². The minimum absolute atomic E-state index is 0. The smallest absolute Gasteiger partial charge is 0.0534 e. The Morgan fingerprint density at radius 1 is 1.33 bits per heavy atom. The van der Waals surface area contributed by atoms with Crippen molar-refractivity contribution in [1.82, 2.24) is 20.0 Å². The van der Waals surface area contributed by atoms with Crippen molar-refractivity contribution in [1.29, 1.82) is 0 Å². The minimum Gasteiger partial charge on any atom is -0.316 e. The van der Waals surface area contributed by atoms with Crippen LogP contribution in [0.15, 0.2) is 12.4 Å². The Morgan fingerprint density at radius 3 is 2.72 bits per heavy atom. The second-order valence-electron chi connectivity index (χ2n) is 5.48. The van der Waals surface area contributed by atoms with E-state index < -0.39 is 0 Å². The molecule has 1 aromatic rings. The van der Waals surface area contributed by atoms with Crippen LogP contribution in [0.5, 0.6) is 0 Å². The molecule has 2 aliphatic heterocycles. The van der Waals surface area contributed by atoms with Crippen molar-refractivity contribution < 1.29 is 0 Å². The van der Waals surface area contributed by atoms with Crippen molar-refractivity contribution >= 4 is 12.4 Å². The molecule has 5 heteroatoms. The highest BCUT2D eigenvalue weighted by Gasteiger charge is 2.35. The summed E-state index contributed by atoms with van der Waals surface area (Å²) in [6.07, 6.45) is 5.39. The van der Waals surface area contributed by atoms with Gasteiger partial charge in [0.2, 0.25) is 0 Å². The van der Waals surface area contributed by atoms with Crippen LogP contribution in [0.2, 0.25) is 0 Å². The lowest BCUT2D eigenvalue weighted by Gasteiger charge is -2.15. The molecule has 0 unspecified atom stereocenters. The van der Waals surface area contributed by atoms with Gasteiger partial charge in [0.1, 0.15) is 0 Å². The molecule has 1 aromatic heterocycles. The van der Waals surface area contributed by atoms with Gasteiger partial charge < -0.3 is 5.32 Å². The molecule has 2 fully saturated rings. The van der Waals surface area contributed by atoms with Crippen molar-refractivity contribution in [2.75, 3.05) is 26.2 Å². The van der Waals surface area contributed by atoms with Crippen LogP contribution in [0.25, 0.3) is 0 Å². The third-order valence-electron chi connectivity index (χ3n) is 4.01. The molecule has 0 spiro atoms. The fraction of sp³-hybridized carbons (Fsp3) is 0.769. The maximum Gasteiger partial charge on any atom is 0.0534 e. The van der Waals surface area contributed by atoms with Gasteiger partial charge in [-0.1, -0.05) is 6.92 Å². The monoisotopic (exact) mass is 270 g/mol. The second-order valence-corrected chi connectivity index (χ2v) is 5.48.